The van der Waals surface area contributed by atoms with Crippen LogP contribution >= 0.6 is 24.0 Å². The lowest BCUT2D eigenvalue weighted by Crippen LogP contribution is -2.30. The van der Waals surface area contributed by atoms with E-state index in [1.165, 1.54) is 7.11 Å². The highest BCUT2D eigenvalue weighted by molar-refractivity contribution is 7.98. The number of aryl methyl sites for hydroxylation is 1. The van der Waals surface area contributed by atoms with E-state index in [4.69, 9.17) is 12.2 Å². The van der Waals surface area contributed by atoms with Gasteiger partial charge in [0.2, 0.25) is 0 Å². The lowest BCUT2D eigenvalue weighted by Gasteiger charge is -2.11. The van der Waals surface area contributed by atoms with Gasteiger partial charge in [-0.15, -0.1) is 0 Å². The molecule has 2 aromatic rings. The molecule has 0 radical (unpaired) electrons. The number of carbonyl (C=O) groups excluding carboxylic acids is 1. The molecule has 134 valence electrons. The van der Waals surface area contributed by atoms with E-state index in [9.17, 15) is 4.79 Å². The summed E-state index contributed by atoms with van der Waals surface area (Å²) in [5, 5.41) is 6.89. The maximum Gasteiger partial charge on any atom is 0.309 e. The van der Waals surface area contributed by atoms with E-state index in [-0.39, 0.29) is 12.4 Å². The Morgan fingerprint density at radius 2 is 2.12 bits per heavy atom. The first-order chi connectivity index (χ1) is 12.1. The molecule has 25 heavy (non-hydrogen) atoms. The second-order valence-electron chi connectivity index (χ2n) is 5.36. The Morgan fingerprint density at radius 1 is 1.36 bits per heavy atom. The minimum absolute atomic E-state index is 0.250. The zero-order chi connectivity index (χ0) is 18.1. The topological polar surface area (TPSA) is 79.0 Å². The minimum atomic E-state index is -0.250. The van der Waals surface area contributed by atoms with Gasteiger partial charge in [-0.3, -0.25) is 4.79 Å². The average molecular weight is 379 g/mol. The molecule has 0 amide bonds. The molecule has 0 bridgehead atoms. The Labute approximate surface area is 157 Å². The first-order valence-electron chi connectivity index (χ1n) is 7.85. The number of benzene rings is 1. The predicted octanol–water partition coefficient (Wildman–Crippen LogP) is 2.65. The summed E-state index contributed by atoms with van der Waals surface area (Å²) in [5.41, 5.74) is 4.00. The van der Waals surface area contributed by atoms with Gasteiger partial charge in [-0.05, 0) is 36.8 Å². The van der Waals surface area contributed by atoms with Gasteiger partial charge in [-0.2, -0.15) is 11.8 Å². The normalized spacial score (nSPS) is 10.3. The number of H-pyrrole nitrogens is 1. The Morgan fingerprint density at radius 3 is 2.76 bits per heavy atom. The van der Waals surface area contributed by atoms with Gasteiger partial charge >= 0.3 is 5.97 Å². The maximum absolute atomic E-state index is 11.2. The Hall–Kier alpha value is -2.06. The van der Waals surface area contributed by atoms with Crippen LogP contribution in [0.3, 0.4) is 0 Å². The molecule has 0 aliphatic rings. The molecule has 0 aliphatic heterocycles. The minimum Gasteiger partial charge on any atom is -0.469 e. The lowest BCUT2D eigenvalue weighted by molar-refractivity contribution is -0.139. The van der Waals surface area contributed by atoms with Crippen LogP contribution in [0.1, 0.15) is 17.0 Å². The van der Waals surface area contributed by atoms with Crippen molar-refractivity contribution in [1.82, 2.24) is 15.3 Å². The summed E-state index contributed by atoms with van der Waals surface area (Å²) >= 11 is 7.09. The number of methoxy groups -OCH3 is 1. The number of esters is 1. The fourth-order valence-corrected chi connectivity index (χ4v) is 3.15. The molecule has 0 unspecified atom stereocenters. The number of aromatic nitrogens is 2. The smallest absolute Gasteiger partial charge is 0.309 e. The van der Waals surface area contributed by atoms with Crippen molar-refractivity contribution in [2.45, 2.75) is 19.1 Å². The molecule has 0 atom stereocenters. The van der Waals surface area contributed by atoms with Crippen LogP contribution in [0, 0.1) is 6.92 Å². The summed E-state index contributed by atoms with van der Waals surface area (Å²) in [5.74, 6) is 1.57. The Bertz CT molecular complexity index is 701. The molecule has 3 N–H and O–H groups in total. The fraction of sp³-hybridized carbons (Fsp3) is 0.353. The molecule has 0 saturated heterocycles. The molecular formula is C17H22N4O2S2. The van der Waals surface area contributed by atoms with Gasteiger partial charge in [-0.1, -0.05) is 12.1 Å². The number of rotatable bonds is 8. The van der Waals surface area contributed by atoms with E-state index in [2.05, 4.69) is 25.3 Å². The first-order valence-corrected chi connectivity index (χ1v) is 9.42. The zero-order valence-electron chi connectivity index (χ0n) is 14.3. The second-order valence-corrected chi connectivity index (χ2v) is 6.87. The molecule has 0 fully saturated rings. The molecule has 6 nitrogen and oxygen atoms in total. The van der Waals surface area contributed by atoms with Crippen LogP contribution in [0.4, 0.5) is 5.69 Å². The number of carbonyl (C=O) groups is 1. The zero-order valence-corrected chi connectivity index (χ0v) is 15.9. The van der Waals surface area contributed by atoms with Crippen LogP contribution in [0.2, 0.25) is 0 Å². The van der Waals surface area contributed by atoms with Crippen LogP contribution in [-0.4, -0.2) is 40.5 Å². The van der Waals surface area contributed by atoms with Crippen molar-refractivity contribution < 1.29 is 9.53 Å². The van der Waals surface area contributed by atoms with E-state index >= 15 is 0 Å². The number of imidazole rings is 1. The van der Waals surface area contributed by atoms with E-state index in [1.54, 1.807) is 18.1 Å². The molecule has 8 heteroatoms. The monoisotopic (exact) mass is 378 g/mol. The molecule has 0 aliphatic carbocycles. The van der Waals surface area contributed by atoms with E-state index in [0.29, 0.717) is 5.11 Å². The van der Waals surface area contributed by atoms with Crippen molar-refractivity contribution in [2.24, 2.45) is 0 Å². The average Bonchev–Trinajstić information content (AvgIpc) is 3.01. The Kier molecular flexibility index (Phi) is 7.75. The van der Waals surface area contributed by atoms with Gasteiger partial charge in [-0.25, -0.2) is 4.98 Å². The number of hydrogen-bond donors (Lipinski definition) is 3. The number of thiocarbonyl (C=S) groups is 1. The van der Waals surface area contributed by atoms with Crippen molar-refractivity contribution >= 4 is 40.7 Å². The van der Waals surface area contributed by atoms with Gasteiger partial charge in [0.15, 0.2) is 5.11 Å². The number of anilines is 1. The van der Waals surface area contributed by atoms with Crippen LogP contribution in [-0.2, 0) is 21.7 Å². The van der Waals surface area contributed by atoms with Crippen molar-refractivity contribution in [3.8, 4) is 0 Å². The highest BCUT2D eigenvalue weighted by atomic mass is 32.2. The molecule has 2 rings (SSSR count). The number of hydrogen-bond acceptors (Lipinski definition) is 5. The summed E-state index contributed by atoms with van der Waals surface area (Å²) < 4.78 is 4.65. The molecule has 1 aromatic heterocycles. The fourth-order valence-electron chi connectivity index (χ4n) is 2.06. The molecular weight excluding hydrogens is 356 g/mol. The SMILES string of the molecule is COC(=O)Cc1ccc(NC(=S)NCCSCc2nc[nH]c2C)cc1. The third-order valence-corrected chi connectivity index (χ3v) is 4.71. The van der Waals surface area contributed by atoms with Crippen LogP contribution in [0.5, 0.6) is 0 Å². The predicted molar refractivity (Wildman–Crippen MR) is 106 cm³/mol. The maximum atomic E-state index is 11.2. The lowest BCUT2D eigenvalue weighted by atomic mass is 10.1. The summed E-state index contributed by atoms with van der Waals surface area (Å²) in [6.07, 6.45) is 1.99. The Balaban J connectivity index is 1.64. The van der Waals surface area contributed by atoms with E-state index in [0.717, 1.165) is 40.7 Å². The van der Waals surface area contributed by atoms with Gasteiger partial charge < -0.3 is 20.4 Å². The van der Waals surface area contributed by atoms with E-state index in [1.807, 2.05) is 31.2 Å². The molecule has 0 spiro atoms. The van der Waals surface area contributed by atoms with Gasteiger partial charge in [0, 0.05) is 29.4 Å². The molecule has 1 aromatic carbocycles. The van der Waals surface area contributed by atoms with Gasteiger partial charge in [0.25, 0.3) is 0 Å². The first kappa shape index (κ1) is 19.3. The van der Waals surface area contributed by atoms with Crippen LogP contribution < -0.4 is 10.6 Å². The molecule has 0 saturated carbocycles. The summed E-state index contributed by atoms with van der Waals surface area (Å²) in [6, 6.07) is 7.54. The largest absolute Gasteiger partial charge is 0.469 e. The number of ether oxygens (including phenoxy) is 1. The van der Waals surface area contributed by atoms with Crippen molar-refractivity contribution in [2.75, 3.05) is 24.7 Å². The van der Waals surface area contributed by atoms with Crippen LogP contribution in [0.25, 0.3) is 0 Å². The highest BCUT2D eigenvalue weighted by Gasteiger charge is 2.04. The van der Waals surface area contributed by atoms with Gasteiger partial charge in [0.1, 0.15) is 0 Å². The van der Waals surface area contributed by atoms with Crippen LogP contribution in [0.15, 0.2) is 30.6 Å². The standard InChI is InChI=1S/C17H22N4O2S2/c1-12-15(20-11-19-12)10-25-8-7-18-17(24)21-14-5-3-13(4-6-14)9-16(22)23-2/h3-6,11H,7-10H2,1-2H3,(H,19,20)(H2,18,21,24). The third-order valence-electron chi connectivity index (χ3n) is 3.49. The number of nitrogens with zero attached hydrogens (tertiary/aromatic N) is 1. The quantitative estimate of drug-likeness (QED) is 0.370. The van der Waals surface area contributed by atoms with Gasteiger partial charge in [0.05, 0.1) is 25.6 Å². The third kappa shape index (κ3) is 6.75. The van der Waals surface area contributed by atoms with Crippen molar-refractivity contribution in [1.29, 1.82) is 0 Å². The van der Waals surface area contributed by atoms with Crippen molar-refractivity contribution in [3.63, 3.8) is 0 Å². The second kappa shape index (κ2) is 10.0. The number of thioether (sulfide) groups is 1. The number of aromatic amines is 1. The van der Waals surface area contributed by atoms with E-state index < -0.39 is 0 Å². The summed E-state index contributed by atoms with van der Waals surface area (Å²) in [4.78, 5) is 18.6. The van der Waals surface area contributed by atoms with Crippen molar-refractivity contribution in [3.05, 3.63) is 47.5 Å². The number of nitrogens with one attached hydrogen (secondary N) is 3. The summed E-state index contributed by atoms with van der Waals surface area (Å²) in [6.45, 7) is 2.80. The summed E-state index contributed by atoms with van der Waals surface area (Å²) in [7, 11) is 1.39. The highest BCUT2D eigenvalue weighted by Crippen LogP contribution is 2.12. The molecule has 1 heterocycles.